The van der Waals surface area contributed by atoms with Crippen LogP contribution in [0.4, 0.5) is 4.79 Å². The number of likely N-dealkylation sites (tertiary alicyclic amines) is 1. The summed E-state index contributed by atoms with van der Waals surface area (Å²) >= 11 is 0. The summed E-state index contributed by atoms with van der Waals surface area (Å²) in [5.41, 5.74) is -0.995. The average molecular weight is 567 g/mol. The Morgan fingerprint density at radius 2 is 1.50 bits per heavy atom. The number of rotatable bonds is 9. The highest BCUT2D eigenvalue weighted by molar-refractivity contribution is 6.01. The van der Waals surface area contributed by atoms with E-state index in [1.54, 1.807) is 22.8 Å². The highest BCUT2D eigenvalue weighted by Gasteiger charge is 2.71. The summed E-state index contributed by atoms with van der Waals surface area (Å²) in [7, 11) is 0. The minimum absolute atomic E-state index is 0.126. The lowest BCUT2D eigenvalue weighted by atomic mass is 9.68. The highest BCUT2D eigenvalue weighted by atomic mass is 16.6. The van der Waals surface area contributed by atoms with E-state index in [4.69, 9.17) is 9.47 Å². The largest absolute Gasteiger partial charge is 0.458 e. The van der Waals surface area contributed by atoms with Crippen LogP contribution < -0.4 is 0 Å². The molecule has 42 heavy (non-hydrogen) atoms. The van der Waals surface area contributed by atoms with Gasteiger partial charge < -0.3 is 14.4 Å². The van der Waals surface area contributed by atoms with Crippen LogP contribution in [0.1, 0.15) is 62.9 Å². The molecule has 2 heterocycles. The van der Waals surface area contributed by atoms with Crippen LogP contribution in [-0.4, -0.2) is 51.1 Å². The minimum atomic E-state index is -1.42. The molecule has 0 spiro atoms. The normalized spacial score (nSPS) is 23.5. The maximum atomic E-state index is 14.8. The van der Waals surface area contributed by atoms with Crippen molar-refractivity contribution in [1.29, 1.82) is 0 Å². The van der Waals surface area contributed by atoms with Crippen LogP contribution in [-0.2, 0) is 25.5 Å². The zero-order valence-corrected chi connectivity index (χ0v) is 24.7. The Morgan fingerprint density at radius 1 is 0.952 bits per heavy atom. The second-order valence-electron chi connectivity index (χ2n) is 12.2. The summed E-state index contributed by atoms with van der Waals surface area (Å²) in [6.07, 6.45) is 1.48. The molecule has 0 aromatic heterocycles. The van der Waals surface area contributed by atoms with Gasteiger partial charge in [0.05, 0.1) is 12.1 Å². The molecule has 5 rings (SSSR count). The van der Waals surface area contributed by atoms with E-state index in [0.717, 1.165) is 16.7 Å². The second-order valence-corrected chi connectivity index (χ2v) is 12.2. The molecule has 2 saturated heterocycles. The first-order valence-corrected chi connectivity index (χ1v) is 14.3. The molecule has 4 atom stereocenters. The van der Waals surface area contributed by atoms with E-state index in [9.17, 15) is 14.4 Å². The number of carbonyl (C=O) groups is 3. The molecule has 2 aliphatic heterocycles. The third-order valence-corrected chi connectivity index (χ3v) is 8.18. The number of β-lactam (4-membered cyclic amide) rings is 1. The standard InChI is InChI=1S/C35H38N2O5/c1-6-22-35(31(39)42-33(2,3)4,23-25-16-10-7-11-17-25)37-29(27-20-14-9-15-21-27)34(5,30(37)38)36-28(24-41-32(36)40)26-18-12-8-13-19-26/h6-21,28-29H,1,22-24H2,2-5H3/t28-,29-,34-,35-/m1/s1. The first-order chi connectivity index (χ1) is 20.0. The van der Waals surface area contributed by atoms with E-state index in [-0.39, 0.29) is 25.4 Å². The van der Waals surface area contributed by atoms with Gasteiger partial charge in [-0.25, -0.2) is 9.59 Å². The number of esters is 1. The molecule has 2 aliphatic rings. The van der Waals surface area contributed by atoms with Gasteiger partial charge in [0.25, 0.3) is 5.91 Å². The van der Waals surface area contributed by atoms with Gasteiger partial charge in [-0.3, -0.25) is 9.69 Å². The Labute approximate surface area is 247 Å². The quantitative estimate of drug-likeness (QED) is 0.170. The number of carbonyl (C=O) groups excluding carboxylic acids is 3. The molecular formula is C35H38N2O5. The van der Waals surface area contributed by atoms with Crippen molar-refractivity contribution in [3.8, 4) is 0 Å². The van der Waals surface area contributed by atoms with Crippen LogP contribution in [0.2, 0.25) is 0 Å². The molecule has 2 fully saturated rings. The Kier molecular flexibility index (Phi) is 7.71. The molecule has 0 radical (unpaired) electrons. The van der Waals surface area contributed by atoms with Gasteiger partial charge in [-0.2, -0.15) is 0 Å². The fourth-order valence-electron chi connectivity index (χ4n) is 6.36. The van der Waals surface area contributed by atoms with E-state index >= 15 is 0 Å². The van der Waals surface area contributed by atoms with Crippen LogP contribution in [0.25, 0.3) is 0 Å². The molecule has 2 amide bonds. The second kappa shape index (κ2) is 11.1. The summed E-state index contributed by atoms with van der Waals surface area (Å²) in [5, 5.41) is 0. The van der Waals surface area contributed by atoms with Crippen LogP contribution >= 0.6 is 0 Å². The molecule has 0 aliphatic carbocycles. The molecule has 0 bridgehead atoms. The van der Waals surface area contributed by atoms with Crippen molar-refractivity contribution in [3.05, 3.63) is 120 Å². The highest BCUT2D eigenvalue weighted by Crippen LogP contribution is 2.55. The van der Waals surface area contributed by atoms with Crippen molar-refractivity contribution in [2.45, 2.75) is 69.3 Å². The van der Waals surface area contributed by atoms with Crippen LogP contribution in [0.5, 0.6) is 0 Å². The van der Waals surface area contributed by atoms with E-state index in [0.29, 0.717) is 0 Å². The van der Waals surface area contributed by atoms with Gasteiger partial charge in [0.1, 0.15) is 23.3 Å². The molecule has 0 unspecified atom stereocenters. The zero-order valence-electron chi connectivity index (χ0n) is 24.7. The van der Waals surface area contributed by atoms with Crippen molar-refractivity contribution < 1.29 is 23.9 Å². The van der Waals surface area contributed by atoms with E-state index in [1.807, 2.05) is 112 Å². The molecular weight excluding hydrogens is 528 g/mol. The van der Waals surface area contributed by atoms with E-state index in [1.165, 1.54) is 0 Å². The van der Waals surface area contributed by atoms with Gasteiger partial charge in [-0.1, -0.05) is 97.1 Å². The smallest absolute Gasteiger partial charge is 0.411 e. The predicted molar refractivity (Wildman–Crippen MR) is 160 cm³/mol. The number of hydrogen-bond acceptors (Lipinski definition) is 5. The Hall–Kier alpha value is -4.39. The van der Waals surface area contributed by atoms with Crippen molar-refractivity contribution >= 4 is 18.0 Å². The molecule has 3 aromatic rings. The van der Waals surface area contributed by atoms with Crippen molar-refractivity contribution in [2.75, 3.05) is 6.61 Å². The lowest BCUT2D eigenvalue weighted by Crippen LogP contribution is -2.80. The summed E-state index contributed by atoms with van der Waals surface area (Å²) < 4.78 is 11.6. The SMILES string of the molecule is C=CC[C@@](Cc1ccccc1)(C(=O)OC(C)(C)C)N1C(=O)[C@](C)(N2C(=O)OC[C@@H]2c2ccccc2)[C@H]1c1ccccc1. The van der Waals surface area contributed by atoms with Crippen molar-refractivity contribution in [1.82, 2.24) is 9.80 Å². The number of nitrogens with zero attached hydrogens (tertiary/aromatic N) is 2. The Morgan fingerprint density at radius 3 is 2.05 bits per heavy atom. The van der Waals surface area contributed by atoms with Crippen molar-refractivity contribution in [2.24, 2.45) is 0 Å². The van der Waals surface area contributed by atoms with Crippen LogP contribution in [0.3, 0.4) is 0 Å². The Balaban J connectivity index is 1.69. The summed E-state index contributed by atoms with van der Waals surface area (Å²) in [5.74, 6) is -0.863. The maximum Gasteiger partial charge on any atom is 0.411 e. The molecule has 0 saturated carbocycles. The van der Waals surface area contributed by atoms with Crippen LogP contribution in [0.15, 0.2) is 104 Å². The van der Waals surface area contributed by atoms with Gasteiger partial charge >= 0.3 is 12.1 Å². The summed E-state index contributed by atoms with van der Waals surface area (Å²) in [6.45, 7) is 11.3. The van der Waals surface area contributed by atoms with Gasteiger partial charge in [-0.15, -0.1) is 6.58 Å². The maximum absolute atomic E-state index is 14.8. The molecule has 7 nitrogen and oxygen atoms in total. The first-order valence-electron chi connectivity index (χ1n) is 14.3. The molecule has 218 valence electrons. The van der Waals surface area contributed by atoms with Gasteiger partial charge in [0.2, 0.25) is 0 Å². The number of cyclic esters (lactones) is 1. The third-order valence-electron chi connectivity index (χ3n) is 8.18. The minimum Gasteiger partial charge on any atom is -0.458 e. The topological polar surface area (TPSA) is 76.2 Å². The van der Waals surface area contributed by atoms with Crippen LogP contribution in [0, 0.1) is 0 Å². The lowest BCUT2D eigenvalue weighted by molar-refractivity contribution is -0.203. The zero-order chi connectivity index (χ0) is 30.1. The van der Waals surface area contributed by atoms with Gasteiger partial charge in [0, 0.05) is 6.42 Å². The number of hydrogen-bond donors (Lipinski definition) is 0. The Bertz CT molecular complexity index is 1450. The number of amides is 2. The fraction of sp³-hybridized carbons (Fsp3) is 0.343. The molecule has 0 N–H and O–H groups in total. The fourth-order valence-corrected chi connectivity index (χ4v) is 6.36. The summed E-state index contributed by atoms with van der Waals surface area (Å²) in [4.78, 5) is 45.8. The molecule has 3 aromatic carbocycles. The van der Waals surface area contributed by atoms with Crippen molar-refractivity contribution in [3.63, 3.8) is 0 Å². The molecule has 7 heteroatoms. The van der Waals surface area contributed by atoms with Gasteiger partial charge in [0.15, 0.2) is 0 Å². The summed E-state index contributed by atoms with van der Waals surface area (Å²) in [6, 6.07) is 27.6. The average Bonchev–Trinajstić information content (AvgIpc) is 3.37. The monoisotopic (exact) mass is 566 g/mol. The lowest BCUT2D eigenvalue weighted by Gasteiger charge is -2.63. The first kappa shape index (κ1) is 29.1. The van der Waals surface area contributed by atoms with E-state index < -0.39 is 40.8 Å². The number of benzene rings is 3. The van der Waals surface area contributed by atoms with E-state index in [2.05, 4.69) is 6.58 Å². The predicted octanol–water partition coefficient (Wildman–Crippen LogP) is 6.42. The third kappa shape index (κ3) is 4.97. The number of ether oxygens (including phenoxy) is 2. The van der Waals surface area contributed by atoms with Gasteiger partial charge in [-0.05, 0) is 50.8 Å².